The molecule has 2 atom stereocenters. The molecule has 3 N–H and O–H groups in total. The maximum Gasteiger partial charge on any atom is 0.223 e. The first-order valence-corrected chi connectivity index (χ1v) is 7.24. The second kappa shape index (κ2) is 6.71. The van der Waals surface area contributed by atoms with Crippen LogP contribution in [0, 0.1) is 18.8 Å². The number of aryl methyl sites for hydroxylation is 1. The van der Waals surface area contributed by atoms with Gasteiger partial charge >= 0.3 is 0 Å². The van der Waals surface area contributed by atoms with Gasteiger partial charge in [0.05, 0.1) is 0 Å². The Morgan fingerprint density at radius 1 is 1.32 bits per heavy atom. The lowest BCUT2D eigenvalue weighted by atomic mass is 9.78. The third-order valence-corrected chi connectivity index (χ3v) is 4.26. The molecule has 0 spiro atoms. The summed E-state index contributed by atoms with van der Waals surface area (Å²) in [4.78, 5) is 12.3. The van der Waals surface area contributed by atoms with E-state index in [0.29, 0.717) is 19.0 Å². The molecule has 2 rings (SSSR count). The Kier molecular flexibility index (Phi) is 4.97. The highest BCUT2D eigenvalue weighted by Gasteiger charge is 2.29. The monoisotopic (exact) mass is 260 g/mol. The maximum atomic E-state index is 12.3. The third kappa shape index (κ3) is 3.57. The van der Waals surface area contributed by atoms with Gasteiger partial charge in [0, 0.05) is 12.5 Å². The summed E-state index contributed by atoms with van der Waals surface area (Å²) >= 11 is 0. The van der Waals surface area contributed by atoms with E-state index in [1.807, 2.05) is 12.1 Å². The summed E-state index contributed by atoms with van der Waals surface area (Å²) in [5.41, 5.74) is 8.20. The predicted octanol–water partition coefficient (Wildman–Crippen LogP) is 2.38. The number of rotatable bonds is 4. The topological polar surface area (TPSA) is 55.1 Å². The van der Waals surface area contributed by atoms with E-state index in [1.54, 1.807) is 0 Å². The Hall–Kier alpha value is -1.35. The van der Waals surface area contributed by atoms with Crippen molar-refractivity contribution in [3.05, 3.63) is 35.4 Å². The summed E-state index contributed by atoms with van der Waals surface area (Å²) in [7, 11) is 0. The first-order valence-electron chi connectivity index (χ1n) is 7.24. The highest BCUT2D eigenvalue weighted by atomic mass is 16.1. The van der Waals surface area contributed by atoms with Gasteiger partial charge in [-0.3, -0.25) is 4.79 Å². The molecule has 1 aromatic rings. The summed E-state index contributed by atoms with van der Waals surface area (Å²) in [6.07, 6.45) is 4.45. The molecule has 1 aliphatic carbocycles. The number of nitrogens with one attached hydrogen (secondary N) is 1. The molecule has 0 heterocycles. The van der Waals surface area contributed by atoms with E-state index in [0.717, 1.165) is 19.3 Å². The minimum absolute atomic E-state index is 0.114. The van der Waals surface area contributed by atoms with Gasteiger partial charge < -0.3 is 11.1 Å². The van der Waals surface area contributed by atoms with Crippen molar-refractivity contribution in [2.24, 2.45) is 17.6 Å². The van der Waals surface area contributed by atoms with Crippen molar-refractivity contribution in [2.45, 2.75) is 39.2 Å². The average molecular weight is 260 g/mol. The summed E-state index contributed by atoms with van der Waals surface area (Å²) in [5.74, 6) is 0.659. The van der Waals surface area contributed by atoms with Crippen molar-refractivity contribution in [2.75, 3.05) is 6.54 Å². The Morgan fingerprint density at radius 2 is 2.05 bits per heavy atom. The van der Waals surface area contributed by atoms with Crippen molar-refractivity contribution >= 4 is 5.91 Å². The first-order chi connectivity index (χ1) is 9.22. The molecule has 0 saturated heterocycles. The van der Waals surface area contributed by atoms with Crippen LogP contribution in [-0.4, -0.2) is 12.5 Å². The summed E-state index contributed by atoms with van der Waals surface area (Å²) < 4.78 is 0. The smallest absolute Gasteiger partial charge is 0.223 e. The van der Waals surface area contributed by atoms with E-state index in [1.165, 1.54) is 17.5 Å². The van der Waals surface area contributed by atoms with E-state index in [9.17, 15) is 4.79 Å². The molecule has 1 amide bonds. The molecular formula is C16H24N2O. The van der Waals surface area contributed by atoms with E-state index in [4.69, 9.17) is 5.73 Å². The lowest BCUT2D eigenvalue weighted by Crippen LogP contribution is -2.39. The first kappa shape index (κ1) is 14.1. The highest BCUT2D eigenvalue weighted by molar-refractivity contribution is 5.79. The predicted molar refractivity (Wildman–Crippen MR) is 77.5 cm³/mol. The Bertz CT molecular complexity index is 431. The number of carbonyl (C=O) groups excluding carboxylic acids is 1. The second-order valence-electron chi connectivity index (χ2n) is 5.53. The minimum atomic E-state index is 0.114. The zero-order chi connectivity index (χ0) is 13.7. The normalized spacial score (nSPS) is 23.1. The zero-order valence-electron chi connectivity index (χ0n) is 11.7. The molecule has 19 heavy (non-hydrogen) atoms. The number of nitrogens with two attached hydrogens (primary N) is 1. The quantitative estimate of drug-likeness (QED) is 0.873. The van der Waals surface area contributed by atoms with Crippen LogP contribution in [0.25, 0.3) is 0 Å². The number of hydrogen-bond donors (Lipinski definition) is 2. The molecule has 1 aliphatic rings. The van der Waals surface area contributed by atoms with Gasteiger partial charge in [0.1, 0.15) is 0 Å². The standard InChI is InChI=1S/C16H24N2O/c1-12-6-2-3-8-14(12)11-18-16(19)15-9-5-4-7-13(15)10-17/h2-3,6,8,13,15H,4-5,7,9-11,17H2,1H3,(H,18,19). The van der Waals surface area contributed by atoms with E-state index >= 15 is 0 Å². The molecule has 0 radical (unpaired) electrons. The van der Waals surface area contributed by atoms with Crippen molar-refractivity contribution in [3.63, 3.8) is 0 Å². The largest absolute Gasteiger partial charge is 0.352 e. The minimum Gasteiger partial charge on any atom is -0.352 e. The van der Waals surface area contributed by atoms with E-state index in [-0.39, 0.29) is 11.8 Å². The maximum absolute atomic E-state index is 12.3. The van der Waals surface area contributed by atoms with Gasteiger partial charge in [-0.05, 0) is 43.4 Å². The molecule has 0 aliphatic heterocycles. The van der Waals surface area contributed by atoms with Gasteiger partial charge in [-0.15, -0.1) is 0 Å². The highest BCUT2D eigenvalue weighted by Crippen LogP contribution is 2.29. The van der Waals surface area contributed by atoms with Crippen molar-refractivity contribution in [3.8, 4) is 0 Å². The number of amides is 1. The van der Waals surface area contributed by atoms with Crippen LogP contribution >= 0.6 is 0 Å². The van der Waals surface area contributed by atoms with Crippen molar-refractivity contribution in [1.82, 2.24) is 5.32 Å². The molecule has 3 nitrogen and oxygen atoms in total. The summed E-state index contributed by atoms with van der Waals surface area (Å²) in [5, 5.41) is 3.08. The molecule has 0 aromatic heterocycles. The molecule has 1 fully saturated rings. The molecule has 1 aromatic carbocycles. The van der Waals surface area contributed by atoms with Gasteiger partial charge in [0.25, 0.3) is 0 Å². The zero-order valence-corrected chi connectivity index (χ0v) is 11.7. The Morgan fingerprint density at radius 3 is 2.79 bits per heavy atom. The third-order valence-electron chi connectivity index (χ3n) is 4.26. The molecule has 104 valence electrons. The van der Waals surface area contributed by atoms with Crippen LogP contribution in [0.1, 0.15) is 36.8 Å². The van der Waals surface area contributed by atoms with Crippen LogP contribution in [0.15, 0.2) is 24.3 Å². The van der Waals surface area contributed by atoms with Crippen LogP contribution < -0.4 is 11.1 Å². The van der Waals surface area contributed by atoms with Crippen LogP contribution in [0.4, 0.5) is 0 Å². The van der Waals surface area contributed by atoms with Crippen LogP contribution in [0.2, 0.25) is 0 Å². The Balaban J connectivity index is 1.92. The van der Waals surface area contributed by atoms with E-state index < -0.39 is 0 Å². The molecule has 0 bridgehead atoms. The van der Waals surface area contributed by atoms with Crippen molar-refractivity contribution < 1.29 is 4.79 Å². The van der Waals surface area contributed by atoms with Crippen LogP contribution in [0.5, 0.6) is 0 Å². The molecular weight excluding hydrogens is 236 g/mol. The van der Waals surface area contributed by atoms with Gasteiger partial charge in [0.2, 0.25) is 5.91 Å². The SMILES string of the molecule is Cc1ccccc1CNC(=O)C1CCCCC1CN. The number of benzene rings is 1. The fourth-order valence-electron chi connectivity index (χ4n) is 2.96. The van der Waals surface area contributed by atoms with Crippen molar-refractivity contribution in [1.29, 1.82) is 0 Å². The molecule has 3 heteroatoms. The van der Waals surface area contributed by atoms with Gasteiger partial charge in [0.15, 0.2) is 0 Å². The second-order valence-corrected chi connectivity index (χ2v) is 5.53. The molecule has 2 unspecified atom stereocenters. The lowest BCUT2D eigenvalue weighted by molar-refractivity contribution is -0.127. The van der Waals surface area contributed by atoms with Gasteiger partial charge in [-0.25, -0.2) is 0 Å². The fourth-order valence-corrected chi connectivity index (χ4v) is 2.96. The number of hydrogen-bond acceptors (Lipinski definition) is 2. The van der Waals surface area contributed by atoms with Gasteiger partial charge in [-0.2, -0.15) is 0 Å². The van der Waals surface area contributed by atoms with Gasteiger partial charge in [-0.1, -0.05) is 37.1 Å². The fraction of sp³-hybridized carbons (Fsp3) is 0.562. The average Bonchev–Trinajstić information content (AvgIpc) is 2.46. The molecule has 1 saturated carbocycles. The lowest BCUT2D eigenvalue weighted by Gasteiger charge is -2.29. The number of carbonyl (C=O) groups is 1. The van der Waals surface area contributed by atoms with Crippen LogP contribution in [-0.2, 0) is 11.3 Å². The van der Waals surface area contributed by atoms with E-state index in [2.05, 4.69) is 24.4 Å². The summed E-state index contributed by atoms with van der Waals surface area (Å²) in [6.45, 7) is 3.33. The van der Waals surface area contributed by atoms with Crippen LogP contribution in [0.3, 0.4) is 0 Å². The Labute approximate surface area is 115 Å². The summed E-state index contributed by atoms with van der Waals surface area (Å²) in [6, 6.07) is 8.17.